The van der Waals surface area contributed by atoms with Crippen LogP contribution in [0.5, 0.6) is 5.75 Å². The largest absolute Gasteiger partial charge is 0.489 e. The molecule has 0 spiro atoms. The molecule has 0 radical (unpaired) electrons. The van der Waals surface area contributed by atoms with Crippen molar-refractivity contribution in [3.05, 3.63) is 28.2 Å². The molecule has 0 aliphatic carbocycles. The Bertz CT molecular complexity index is 353. The summed E-state index contributed by atoms with van der Waals surface area (Å²) in [5, 5.41) is 3.32. The fourth-order valence-electron chi connectivity index (χ4n) is 2.04. The first-order valence-electron chi connectivity index (χ1n) is 5.95. The van der Waals surface area contributed by atoms with Crippen LogP contribution >= 0.6 is 28.3 Å². The van der Waals surface area contributed by atoms with Crippen LogP contribution in [0.2, 0.25) is 0 Å². The van der Waals surface area contributed by atoms with Gasteiger partial charge in [-0.25, -0.2) is 0 Å². The van der Waals surface area contributed by atoms with Crippen molar-refractivity contribution < 1.29 is 4.74 Å². The Labute approximate surface area is 118 Å². The number of benzene rings is 1. The van der Waals surface area contributed by atoms with Crippen molar-refractivity contribution in [3.8, 4) is 5.75 Å². The van der Waals surface area contributed by atoms with Crippen molar-refractivity contribution in [1.29, 1.82) is 0 Å². The van der Waals surface area contributed by atoms with Gasteiger partial charge < -0.3 is 10.1 Å². The van der Waals surface area contributed by atoms with Crippen molar-refractivity contribution in [2.24, 2.45) is 0 Å². The van der Waals surface area contributed by atoms with Crippen LogP contribution in [0.25, 0.3) is 0 Å². The molecule has 1 N–H and O–H groups in total. The first-order valence-corrected chi connectivity index (χ1v) is 6.74. The normalized spacial score (nSPS) is 18.8. The zero-order valence-electron chi connectivity index (χ0n) is 10.0. The molecule has 0 amide bonds. The molecule has 1 unspecified atom stereocenters. The van der Waals surface area contributed by atoms with E-state index in [1.165, 1.54) is 5.56 Å². The summed E-state index contributed by atoms with van der Waals surface area (Å²) < 4.78 is 7.16. The molecular formula is C13H19BrClNO. The van der Waals surface area contributed by atoms with Crippen molar-refractivity contribution in [1.82, 2.24) is 5.32 Å². The van der Waals surface area contributed by atoms with Crippen LogP contribution in [0, 0.1) is 0 Å². The van der Waals surface area contributed by atoms with Gasteiger partial charge in [-0.05, 0) is 43.1 Å². The Kier molecular flexibility index (Phi) is 6.31. The fraction of sp³-hybridized carbons (Fsp3) is 0.538. The maximum atomic E-state index is 6.03. The van der Waals surface area contributed by atoms with Crippen molar-refractivity contribution >= 4 is 28.3 Å². The standard InChI is InChI=1S/C13H18BrNO.ClH/c1-2-3-10-8-11(14)4-5-13(10)16-12-6-7-15-9-12;/h4-5,8,12,15H,2-3,6-7,9H2,1H3;1H. The van der Waals surface area contributed by atoms with E-state index in [4.69, 9.17) is 4.74 Å². The Morgan fingerprint density at radius 1 is 1.47 bits per heavy atom. The van der Waals surface area contributed by atoms with E-state index in [1.807, 2.05) is 0 Å². The first kappa shape index (κ1) is 14.8. The number of halogens is 2. The van der Waals surface area contributed by atoms with E-state index in [-0.39, 0.29) is 12.4 Å². The maximum Gasteiger partial charge on any atom is 0.123 e. The minimum Gasteiger partial charge on any atom is -0.489 e. The molecular weight excluding hydrogens is 302 g/mol. The topological polar surface area (TPSA) is 21.3 Å². The lowest BCUT2D eigenvalue weighted by Gasteiger charge is -2.16. The molecule has 0 aromatic heterocycles. The van der Waals surface area contributed by atoms with Gasteiger partial charge in [-0.15, -0.1) is 12.4 Å². The molecule has 0 saturated carbocycles. The first-order chi connectivity index (χ1) is 7.79. The molecule has 1 saturated heterocycles. The Balaban J connectivity index is 0.00000144. The lowest BCUT2D eigenvalue weighted by Crippen LogP contribution is -2.20. The number of hydrogen-bond acceptors (Lipinski definition) is 2. The van der Waals surface area contributed by atoms with Gasteiger partial charge in [0.05, 0.1) is 0 Å². The number of ether oxygens (including phenoxy) is 1. The van der Waals surface area contributed by atoms with E-state index >= 15 is 0 Å². The zero-order valence-corrected chi connectivity index (χ0v) is 12.4. The van der Waals surface area contributed by atoms with Gasteiger partial charge >= 0.3 is 0 Å². The summed E-state index contributed by atoms with van der Waals surface area (Å²) in [4.78, 5) is 0. The van der Waals surface area contributed by atoms with Gasteiger partial charge in [-0.2, -0.15) is 0 Å². The third-order valence-electron chi connectivity index (χ3n) is 2.85. The summed E-state index contributed by atoms with van der Waals surface area (Å²) >= 11 is 3.51. The van der Waals surface area contributed by atoms with Crippen molar-refractivity contribution in [3.63, 3.8) is 0 Å². The predicted molar refractivity (Wildman–Crippen MR) is 77.3 cm³/mol. The molecule has 1 aromatic rings. The maximum absolute atomic E-state index is 6.03. The van der Waals surface area contributed by atoms with Crippen LogP contribution in [0.4, 0.5) is 0 Å². The highest BCUT2D eigenvalue weighted by Gasteiger charge is 2.17. The smallest absolute Gasteiger partial charge is 0.123 e. The lowest BCUT2D eigenvalue weighted by atomic mass is 10.1. The highest BCUT2D eigenvalue weighted by Crippen LogP contribution is 2.26. The molecule has 1 fully saturated rings. The molecule has 2 nitrogen and oxygen atoms in total. The van der Waals surface area contributed by atoms with Crippen LogP contribution in [0.15, 0.2) is 22.7 Å². The number of hydrogen-bond donors (Lipinski definition) is 1. The number of rotatable bonds is 4. The molecule has 1 aliphatic rings. The SMILES string of the molecule is CCCc1cc(Br)ccc1OC1CCNC1.Cl. The van der Waals surface area contributed by atoms with E-state index in [1.54, 1.807) is 0 Å². The van der Waals surface area contributed by atoms with Crippen molar-refractivity contribution in [2.75, 3.05) is 13.1 Å². The van der Waals surface area contributed by atoms with Crippen LogP contribution in [0.1, 0.15) is 25.3 Å². The molecule has 1 atom stereocenters. The third kappa shape index (κ3) is 4.16. The molecule has 96 valence electrons. The van der Waals surface area contributed by atoms with Gasteiger partial charge in [0.15, 0.2) is 0 Å². The van der Waals surface area contributed by atoms with E-state index in [0.717, 1.165) is 42.6 Å². The van der Waals surface area contributed by atoms with E-state index in [0.29, 0.717) is 6.10 Å². The van der Waals surface area contributed by atoms with Gasteiger partial charge in [0.25, 0.3) is 0 Å². The van der Waals surface area contributed by atoms with Crippen LogP contribution < -0.4 is 10.1 Å². The second-order valence-corrected chi connectivity index (χ2v) is 5.15. The molecule has 1 aliphatic heterocycles. The van der Waals surface area contributed by atoms with Gasteiger partial charge in [-0.3, -0.25) is 0 Å². The monoisotopic (exact) mass is 319 g/mol. The van der Waals surface area contributed by atoms with Crippen LogP contribution in [-0.4, -0.2) is 19.2 Å². The molecule has 17 heavy (non-hydrogen) atoms. The number of nitrogens with one attached hydrogen (secondary N) is 1. The van der Waals surface area contributed by atoms with Gasteiger partial charge in [0.1, 0.15) is 11.9 Å². The second kappa shape index (κ2) is 7.24. The summed E-state index contributed by atoms with van der Waals surface area (Å²) in [6.07, 6.45) is 3.68. The van der Waals surface area contributed by atoms with Crippen molar-refractivity contribution in [2.45, 2.75) is 32.3 Å². The summed E-state index contributed by atoms with van der Waals surface area (Å²) in [5.74, 6) is 1.05. The highest BCUT2D eigenvalue weighted by atomic mass is 79.9. The Hall–Kier alpha value is -0.250. The highest BCUT2D eigenvalue weighted by molar-refractivity contribution is 9.10. The molecule has 1 heterocycles. The van der Waals surface area contributed by atoms with E-state index in [9.17, 15) is 0 Å². The number of aryl methyl sites for hydroxylation is 1. The Morgan fingerprint density at radius 2 is 2.29 bits per heavy atom. The third-order valence-corrected chi connectivity index (χ3v) is 3.34. The second-order valence-electron chi connectivity index (χ2n) is 4.23. The average molecular weight is 321 g/mol. The molecule has 1 aromatic carbocycles. The van der Waals surface area contributed by atoms with E-state index in [2.05, 4.69) is 46.4 Å². The lowest BCUT2D eigenvalue weighted by molar-refractivity contribution is 0.221. The Morgan fingerprint density at radius 3 is 2.94 bits per heavy atom. The molecule has 2 rings (SSSR count). The van der Waals surface area contributed by atoms with E-state index < -0.39 is 0 Å². The fourth-order valence-corrected chi connectivity index (χ4v) is 2.44. The minimum absolute atomic E-state index is 0. The predicted octanol–water partition coefficient (Wildman–Crippen LogP) is 3.56. The summed E-state index contributed by atoms with van der Waals surface area (Å²) in [6, 6.07) is 6.30. The van der Waals surface area contributed by atoms with Gasteiger partial charge in [-0.1, -0.05) is 29.3 Å². The summed E-state index contributed by atoms with van der Waals surface area (Å²) in [6.45, 7) is 4.24. The quantitative estimate of drug-likeness (QED) is 0.916. The minimum atomic E-state index is 0. The van der Waals surface area contributed by atoms with Gasteiger partial charge in [0.2, 0.25) is 0 Å². The van der Waals surface area contributed by atoms with Crippen LogP contribution in [0.3, 0.4) is 0 Å². The molecule has 4 heteroatoms. The average Bonchev–Trinajstić information content (AvgIpc) is 2.75. The van der Waals surface area contributed by atoms with Gasteiger partial charge in [0, 0.05) is 11.0 Å². The summed E-state index contributed by atoms with van der Waals surface area (Å²) in [7, 11) is 0. The molecule has 0 bridgehead atoms. The summed E-state index contributed by atoms with van der Waals surface area (Å²) in [5.41, 5.74) is 1.31. The van der Waals surface area contributed by atoms with Crippen LogP contribution in [-0.2, 0) is 6.42 Å². The zero-order chi connectivity index (χ0) is 11.4.